The maximum Gasteiger partial charge on any atom is 0.254 e. The Morgan fingerprint density at radius 2 is 1.96 bits per heavy atom. The number of piperidine rings is 1. The highest BCUT2D eigenvalue weighted by Crippen LogP contribution is 2.20. The van der Waals surface area contributed by atoms with Crippen molar-refractivity contribution in [2.24, 2.45) is 5.92 Å². The fourth-order valence-corrected chi connectivity index (χ4v) is 3.42. The largest absolute Gasteiger partial charge is 0.337 e. The van der Waals surface area contributed by atoms with Gasteiger partial charge in [0.15, 0.2) is 0 Å². The Morgan fingerprint density at radius 1 is 1.30 bits per heavy atom. The van der Waals surface area contributed by atoms with Gasteiger partial charge >= 0.3 is 0 Å². The molecule has 1 aromatic carbocycles. The predicted molar refractivity (Wildman–Crippen MR) is 95.1 cm³/mol. The van der Waals surface area contributed by atoms with E-state index in [1.54, 1.807) is 17.0 Å². The van der Waals surface area contributed by atoms with Crippen molar-refractivity contribution in [1.29, 1.82) is 0 Å². The highest BCUT2D eigenvalue weighted by molar-refractivity contribution is 9.10. The van der Waals surface area contributed by atoms with Crippen molar-refractivity contribution in [3.8, 4) is 0 Å². The Labute approximate surface area is 147 Å². The molecule has 128 valence electrons. The monoisotopic (exact) mass is 384 g/mol. The summed E-state index contributed by atoms with van der Waals surface area (Å²) in [5.41, 5.74) is 0.400. The van der Waals surface area contributed by atoms with Crippen molar-refractivity contribution < 1.29 is 9.18 Å². The summed E-state index contributed by atoms with van der Waals surface area (Å²) in [6.45, 7) is 7.39. The van der Waals surface area contributed by atoms with Crippen molar-refractivity contribution in [3.05, 3.63) is 34.1 Å². The summed E-state index contributed by atoms with van der Waals surface area (Å²) >= 11 is 3.13. The van der Waals surface area contributed by atoms with Gasteiger partial charge in [-0.25, -0.2) is 4.39 Å². The summed E-state index contributed by atoms with van der Waals surface area (Å²) in [6.07, 6.45) is 3.77. The Hall–Kier alpha value is -0.940. The van der Waals surface area contributed by atoms with E-state index in [-0.39, 0.29) is 11.9 Å². The molecule has 23 heavy (non-hydrogen) atoms. The van der Waals surface area contributed by atoms with E-state index < -0.39 is 5.82 Å². The number of carbonyl (C=O) groups is 1. The van der Waals surface area contributed by atoms with Crippen molar-refractivity contribution in [1.82, 2.24) is 9.80 Å². The highest BCUT2D eigenvalue weighted by Gasteiger charge is 2.27. The van der Waals surface area contributed by atoms with Crippen LogP contribution in [0, 0.1) is 11.7 Å². The first-order valence-corrected chi connectivity index (χ1v) is 9.14. The van der Waals surface area contributed by atoms with Crippen LogP contribution in [0.25, 0.3) is 0 Å². The normalized spacial score (nSPS) is 17.3. The number of halogens is 2. The second kappa shape index (κ2) is 8.25. The van der Waals surface area contributed by atoms with Crippen LogP contribution in [-0.2, 0) is 0 Å². The van der Waals surface area contributed by atoms with Crippen LogP contribution < -0.4 is 0 Å². The summed E-state index contributed by atoms with van der Waals surface area (Å²) in [6, 6.07) is 4.70. The van der Waals surface area contributed by atoms with Gasteiger partial charge in [0.2, 0.25) is 0 Å². The molecule has 0 aliphatic carbocycles. The van der Waals surface area contributed by atoms with Crippen molar-refractivity contribution in [2.45, 2.75) is 39.2 Å². The third-order valence-electron chi connectivity index (χ3n) is 4.65. The predicted octanol–water partition coefficient (Wildman–Crippen LogP) is 4.17. The quantitative estimate of drug-likeness (QED) is 0.760. The molecule has 3 nitrogen and oxygen atoms in total. The minimum absolute atomic E-state index is 0.118. The van der Waals surface area contributed by atoms with Gasteiger partial charge in [-0.3, -0.25) is 4.79 Å². The standard InChI is InChI=1S/C18H26BrFN2O/c1-13(2)17(12-22-9-5-4-6-10-22)21(3)18(23)14-7-8-15(19)16(20)11-14/h7-8,11,13,17H,4-6,9-10,12H2,1-3H3. The molecular formula is C18H26BrFN2O. The van der Waals surface area contributed by atoms with Gasteiger partial charge in [0.25, 0.3) is 5.91 Å². The van der Waals surface area contributed by atoms with E-state index in [0.29, 0.717) is 16.0 Å². The Balaban J connectivity index is 2.10. The zero-order chi connectivity index (χ0) is 17.0. The lowest BCUT2D eigenvalue weighted by atomic mass is 10.00. The number of rotatable bonds is 5. The van der Waals surface area contributed by atoms with Crippen LogP contribution in [0.5, 0.6) is 0 Å². The summed E-state index contributed by atoms with van der Waals surface area (Å²) in [5, 5.41) is 0. The fraction of sp³-hybridized carbons (Fsp3) is 0.611. The third-order valence-corrected chi connectivity index (χ3v) is 5.29. The molecule has 0 spiro atoms. The SMILES string of the molecule is CC(C)C(CN1CCCCC1)N(C)C(=O)c1ccc(Br)c(F)c1. The molecule has 1 fully saturated rings. The smallest absolute Gasteiger partial charge is 0.254 e. The maximum absolute atomic E-state index is 13.7. The molecular weight excluding hydrogens is 359 g/mol. The van der Waals surface area contributed by atoms with Crippen LogP contribution in [0.1, 0.15) is 43.5 Å². The molecule has 1 amide bonds. The molecule has 1 unspecified atom stereocenters. The first kappa shape index (κ1) is 18.4. The van der Waals surface area contributed by atoms with Crippen LogP contribution in [0.4, 0.5) is 4.39 Å². The number of carbonyl (C=O) groups excluding carboxylic acids is 1. The van der Waals surface area contributed by atoms with Crippen molar-refractivity contribution in [2.75, 3.05) is 26.7 Å². The molecule has 1 heterocycles. The first-order chi connectivity index (χ1) is 10.9. The Kier molecular flexibility index (Phi) is 6.60. The fourth-order valence-electron chi connectivity index (χ4n) is 3.17. The van der Waals surface area contributed by atoms with Gasteiger partial charge < -0.3 is 9.80 Å². The molecule has 1 aliphatic heterocycles. The van der Waals surface area contributed by atoms with E-state index in [1.807, 2.05) is 7.05 Å². The Morgan fingerprint density at radius 3 is 2.52 bits per heavy atom. The van der Waals surface area contributed by atoms with Crippen LogP contribution in [0.2, 0.25) is 0 Å². The second-order valence-electron chi connectivity index (χ2n) is 6.72. The molecule has 1 aromatic rings. The molecule has 1 saturated heterocycles. The van der Waals surface area contributed by atoms with E-state index >= 15 is 0 Å². The summed E-state index contributed by atoms with van der Waals surface area (Å²) < 4.78 is 14.1. The number of hydrogen-bond donors (Lipinski definition) is 0. The summed E-state index contributed by atoms with van der Waals surface area (Å²) in [7, 11) is 1.83. The summed E-state index contributed by atoms with van der Waals surface area (Å²) in [4.78, 5) is 16.9. The zero-order valence-corrected chi connectivity index (χ0v) is 15.8. The van der Waals surface area contributed by atoms with Gasteiger partial charge in [-0.05, 0) is 66.0 Å². The van der Waals surface area contributed by atoms with Crippen LogP contribution in [-0.4, -0.2) is 48.4 Å². The summed E-state index contributed by atoms with van der Waals surface area (Å²) in [5.74, 6) is -0.167. The van der Waals surface area contributed by atoms with Gasteiger partial charge in [-0.2, -0.15) is 0 Å². The molecule has 0 bridgehead atoms. The van der Waals surface area contributed by atoms with E-state index in [9.17, 15) is 9.18 Å². The number of likely N-dealkylation sites (tertiary alicyclic amines) is 1. The van der Waals surface area contributed by atoms with E-state index in [1.165, 1.54) is 25.3 Å². The second-order valence-corrected chi connectivity index (χ2v) is 7.57. The lowest BCUT2D eigenvalue weighted by molar-refractivity contribution is 0.0610. The molecule has 5 heteroatoms. The lowest BCUT2D eigenvalue weighted by Gasteiger charge is -2.37. The number of likely N-dealkylation sites (N-methyl/N-ethyl adjacent to an activating group) is 1. The Bertz CT molecular complexity index is 544. The highest BCUT2D eigenvalue weighted by atomic mass is 79.9. The molecule has 0 aromatic heterocycles. The third kappa shape index (κ3) is 4.77. The number of amides is 1. The average Bonchev–Trinajstić information content (AvgIpc) is 2.54. The molecule has 1 atom stereocenters. The van der Waals surface area contributed by atoms with Gasteiger partial charge in [-0.15, -0.1) is 0 Å². The number of hydrogen-bond acceptors (Lipinski definition) is 2. The minimum Gasteiger partial charge on any atom is -0.337 e. The van der Waals surface area contributed by atoms with E-state index in [2.05, 4.69) is 34.7 Å². The zero-order valence-electron chi connectivity index (χ0n) is 14.2. The van der Waals surface area contributed by atoms with Gasteiger partial charge in [0, 0.05) is 25.2 Å². The molecule has 0 radical (unpaired) electrons. The maximum atomic E-state index is 13.7. The van der Waals surface area contributed by atoms with E-state index in [4.69, 9.17) is 0 Å². The van der Waals surface area contributed by atoms with Crippen LogP contribution in [0.3, 0.4) is 0 Å². The topological polar surface area (TPSA) is 23.6 Å². The van der Waals surface area contributed by atoms with Crippen LogP contribution in [0.15, 0.2) is 22.7 Å². The molecule has 1 aliphatic rings. The molecule has 0 N–H and O–H groups in total. The first-order valence-electron chi connectivity index (χ1n) is 8.34. The lowest BCUT2D eigenvalue weighted by Crippen LogP contribution is -2.48. The average molecular weight is 385 g/mol. The minimum atomic E-state index is -0.402. The van der Waals surface area contributed by atoms with Gasteiger partial charge in [0.05, 0.1) is 4.47 Å². The van der Waals surface area contributed by atoms with Crippen molar-refractivity contribution in [3.63, 3.8) is 0 Å². The molecule has 2 rings (SSSR count). The molecule has 0 saturated carbocycles. The number of benzene rings is 1. The number of nitrogens with zero attached hydrogens (tertiary/aromatic N) is 2. The van der Waals surface area contributed by atoms with Gasteiger partial charge in [0.1, 0.15) is 5.82 Å². The van der Waals surface area contributed by atoms with Gasteiger partial charge in [-0.1, -0.05) is 20.3 Å². The van der Waals surface area contributed by atoms with Crippen LogP contribution >= 0.6 is 15.9 Å². The van der Waals surface area contributed by atoms with E-state index in [0.717, 1.165) is 19.6 Å². The van der Waals surface area contributed by atoms with Crippen molar-refractivity contribution >= 4 is 21.8 Å².